The Morgan fingerprint density at radius 2 is 1.80 bits per heavy atom. The Hall–Kier alpha value is -1.10. The van der Waals surface area contributed by atoms with E-state index in [0.29, 0.717) is 18.6 Å². The molecule has 0 aromatic rings. The van der Waals surface area contributed by atoms with E-state index < -0.39 is 0 Å². The van der Waals surface area contributed by atoms with Gasteiger partial charge in [0.15, 0.2) is 0 Å². The van der Waals surface area contributed by atoms with Crippen LogP contribution in [0.2, 0.25) is 0 Å². The standard InChI is InChI=1S/C15H28N2O3/c1-5-9-16(11-15(19)20-4)10-14(18)17-12(2)7-6-8-13(17)3/h12-13H,5-11H2,1-4H3. The first-order valence-electron chi connectivity index (χ1n) is 7.59. The Balaban J connectivity index is 2.61. The minimum Gasteiger partial charge on any atom is -0.468 e. The molecule has 0 spiro atoms. The lowest BCUT2D eigenvalue weighted by molar-refractivity contribution is -0.144. The van der Waals surface area contributed by atoms with Crippen molar-refractivity contribution in [3.8, 4) is 0 Å². The number of likely N-dealkylation sites (tertiary alicyclic amines) is 1. The van der Waals surface area contributed by atoms with Crippen molar-refractivity contribution in [2.24, 2.45) is 0 Å². The maximum Gasteiger partial charge on any atom is 0.319 e. The van der Waals surface area contributed by atoms with Gasteiger partial charge in [0, 0.05) is 12.1 Å². The first kappa shape index (κ1) is 17.0. The van der Waals surface area contributed by atoms with E-state index in [0.717, 1.165) is 25.8 Å². The molecule has 1 saturated heterocycles. The van der Waals surface area contributed by atoms with Crippen molar-refractivity contribution in [1.82, 2.24) is 9.80 Å². The third-order valence-corrected chi connectivity index (χ3v) is 3.96. The minimum atomic E-state index is -0.286. The molecule has 0 aliphatic carbocycles. The number of piperidine rings is 1. The van der Waals surface area contributed by atoms with Gasteiger partial charge in [-0.15, -0.1) is 0 Å². The highest BCUT2D eigenvalue weighted by atomic mass is 16.5. The van der Waals surface area contributed by atoms with E-state index in [4.69, 9.17) is 4.74 Å². The molecule has 1 heterocycles. The molecular formula is C15H28N2O3. The highest BCUT2D eigenvalue weighted by molar-refractivity contribution is 5.80. The van der Waals surface area contributed by atoms with Crippen LogP contribution in [0.4, 0.5) is 0 Å². The number of ether oxygens (including phenoxy) is 1. The lowest BCUT2D eigenvalue weighted by Crippen LogP contribution is -2.51. The van der Waals surface area contributed by atoms with Gasteiger partial charge in [-0.3, -0.25) is 14.5 Å². The predicted molar refractivity (Wildman–Crippen MR) is 78.4 cm³/mol. The van der Waals surface area contributed by atoms with Gasteiger partial charge >= 0.3 is 5.97 Å². The van der Waals surface area contributed by atoms with E-state index in [1.165, 1.54) is 13.5 Å². The Kier molecular flexibility index (Phi) is 6.99. The van der Waals surface area contributed by atoms with E-state index in [2.05, 4.69) is 13.8 Å². The molecule has 0 radical (unpaired) electrons. The molecule has 2 atom stereocenters. The fourth-order valence-electron chi connectivity index (χ4n) is 2.96. The molecular weight excluding hydrogens is 256 g/mol. The molecule has 5 nitrogen and oxygen atoms in total. The predicted octanol–water partition coefficient (Wildman–Crippen LogP) is 1.66. The topological polar surface area (TPSA) is 49.9 Å². The summed E-state index contributed by atoms with van der Waals surface area (Å²) in [6.07, 6.45) is 4.24. The van der Waals surface area contributed by atoms with Crippen molar-refractivity contribution in [1.29, 1.82) is 0 Å². The highest BCUT2D eigenvalue weighted by Crippen LogP contribution is 2.22. The van der Waals surface area contributed by atoms with Crippen molar-refractivity contribution < 1.29 is 14.3 Å². The van der Waals surface area contributed by atoms with Gasteiger partial charge in [0.2, 0.25) is 5.91 Å². The van der Waals surface area contributed by atoms with Crippen LogP contribution in [0.1, 0.15) is 46.5 Å². The van der Waals surface area contributed by atoms with Crippen LogP contribution in [0.25, 0.3) is 0 Å². The quantitative estimate of drug-likeness (QED) is 0.696. The average molecular weight is 284 g/mol. The lowest BCUT2D eigenvalue weighted by atomic mass is 9.97. The molecule has 1 fully saturated rings. The van der Waals surface area contributed by atoms with Crippen LogP contribution >= 0.6 is 0 Å². The van der Waals surface area contributed by atoms with Crippen molar-refractivity contribution in [3.05, 3.63) is 0 Å². The monoisotopic (exact) mass is 284 g/mol. The summed E-state index contributed by atoms with van der Waals surface area (Å²) in [7, 11) is 1.38. The smallest absolute Gasteiger partial charge is 0.319 e. The molecule has 0 aromatic heterocycles. The molecule has 1 aliphatic rings. The van der Waals surface area contributed by atoms with E-state index in [9.17, 15) is 9.59 Å². The van der Waals surface area contributed by atoms with Gasteiger partial charge in [0.25, 0.3) is 0 Å². The summed E-state index contributed by atoms with van der Waals surface area (Å²) in [5.74, 6) is -0.159. The van der Waals surface area contributed by atoms with Gasteiger partial charge in [-0.1, -0.05) is 6.92 Å². The molecule has 116 valence electrons. The number of esters is 1. The van der Waals surface area contributed by atoms with Gasteiger partial charge in [0.05, 0.1) is 20.2 Å². The second kappa shape index (κ2) is 8.25. The average Bonchev–Trinajstić information content (AvgIpc) is 2.38. The number of methoxy groups -OCH3 is 1. The summed E-state index contributed by atoms with van der Waals surface area (Å²) >= 11 is 0. The van der Waals surface area contributed by atoms with Gasteiger partial charge in [-0.2, -0.15) is 0 Å². The minimum absolute atomic E-state index is 0.127. The second-order valence-electron chi connectivity index (χ2n) is 5.72. The molecule has 0 N–H and O–H groups in total. The maximum absolute atomic E-state index is 12.5. The van der Waals surface area contributed by atoms with Crippen molar-refractivity contribution in [2.45, 2.75) is 58.5 Å². The van der Waals surface area contributed by atoms with Gasteiger partial charge in [-0.05, 0) is 46.1 Å². The molecule has 1 aliphatic heterocycles. The summed E-state index contributed by atoms with van der Waals surface area (Å²) in [6, 6.07) is 0.598. The number of hydrogen-bond donors (Lipinski definition) is 0. The summed E-state index contributed by atoms with van der Waals surface area (Å²) in [5.41, 5.74) is 0. The third-order valence-electron chi connectivity index (χ3n) is 3.96. The Morgan fingerprint density at radius 3 is 2.30 bits per heavy atom. The normalized spacial score (nSPS) is 22.9. The molecule has 2 unspecified atom stereocenters. The largest absolute Gasteiger partial charge is 0.468 e. The van der Waals surface area contributed by atoms with Crippen molar-refractivity contribution >= 4 is 11.9 Å². The maximum atomic E-state index is 12.5. The molecule has 1 rings (SSSR count). The highest BCUT2D eigenvalue weighted by Gasteiger charge is 2.29. The van der Waals surface area contributed by atoms with Gasteiger partial charge < -0.3 is 9.64 Å². The Morgan fingerprint density at radius 1 is 1.20 bits per heavy atom. The van der Waals surface area contributed by atoms with Crippen LogP contribution in [0.15, 0.2) is 0 Å². The number of amides is 1. The summed E-state index contributed by atoms with van der Waals surface area (Å²) in [5, 5.41) is 0. The molecule has 20 heavy (non-hydrogen) atoms. The zero-order valence-corrected chi connectivity index (χ0v) is 13.2. The summed E-state index contributed by atoms with van der Waals surface area (Å²) in [4.78, 5) is 27.8. The molecule has 0 bridgehead atoms. The molecule has 1 amide bonds. The molecule has 0 aromatic carbocycles. The lowest BCUT2D eigenvalue weighted by Gasteiger charge is -2.40. The SMILES string of the molecule is CCCN(CC(=O)OC)CC(=O)N1C(C)CCCC1C. The zero-order chi connectivity index (χ0) is 15.1. The zero-order valence-electron chi connectivity index (χ0n) is 13.2. The van der Waals surface area contributed by atoms with Gasteiger partial charge in [-0.25, -0.2) is 0 Å². The Bertz CT molecular complexity index is 323. The van der Waals surface area contributed by atoms with Crippen LogP contribution in [-0.2, 0) is 14.3 Å². The number of carbonyl (C=O) groups is 2. The van der Waals surface area contributed by atoms with E-state index >= 15 is 0 Å². The number of rotatable bonds is 6. The van der Waals surface area contributed by atoms with Crippen LogP contribution in [0, 0.1) is 0 Å². The molecule has 0 saturated carbocycles. The van der Waals surface area contributed by atoms with Crippen molar-refractivity contribution in [2.75, 3.05) is 26.7 Å². The number of hydrogen-bond acceptors (Lipinski definition) is 4. The molecule has 5 heteroatoms. The number of carbonyl (C=O) groups excluding carboxylic acids is 2. The van der Waals surface area contributed by atoms with E-state index in [1.54, 1.807) is 0 Å². The van der Waals surface area contributed by atoms with Crippen LogP contribution in [-0.4, -0.2) is 60.5 Å². The van der Waals surface area contributed by atoms with Crippen LogP contribution < -0.4 is 0 Å². The second-order valence-corrected chi connectivity index (χ2v) is 5.72. The fraction of sp³-hybridized carbons (Fsp3) is 0.867. The summed E-state index contributed by atoms with van der Waals surface area (Å²) < 4.78 is 4.69. The van der Waals surface area contributed by atoms with Gasteiger partial charge in [0.1, 0.15) is 0 Å². The van der Waals surface area contributed by atoms with Crippen molar-refractivity contribution in [3.63, 3.8) is 0 Å². The summed E-state index contributed by atoms with van der Waals surface area (Å²) in [6.45, 7) is 7.48. The van der Waals surface area contributed by atoms with E-state index in [1.807, 2.05) is 16.7 Å². The van der Waals surface area contributed by atoms with Crippen LogP contribution in [0.3, 0.4) is 0 Å². The Labute approximate surface area is 122 Å². The first-order chi connectivity index (χ1) is 9.49. The fourth-order valence-corrected chi connectivity index (χ4v) is 2.96. The number of nitrogens with zero attached hydrogens (tertiary/aromatic N) is 2. The van der Waals surface area contributed by atoms with E-state index in [-0.39, 0.29) is 18.4 Å². The third kappa shape index (κ3) is 4.78. The van der Waals surface area contributed by atoms with Crippen LogP contribution in [0.5, 0.6) is 0 Å². The first-order valence-corrected chi connectivity index (χ1v) is 7.59.